The number of nitro groups is 1. The van der Waals surface area contributed by atoms with E-state index in [1.807, 2.05) is 0 Å². The first-order valence-corrected chi connectivity index (χ1v) is 9.32. The second kappa shape index (κ2) is 6.47. The SMILES string of the molecule is Cc1cc([N+](=O)[O-])ccc1NC(=O)[C@@H](C)N1C(=O)c2ccccc2S1(=O)=O. The number of hydrogen-bond acceptors (Lipinski definition) is 6. The molecule has 0 aliphatic carbocycles. The summed E-state index contributed by atoms with van der Waals surface area (Å²) in [6, 6.07) is 8.30. The number of hydrogen-bond donors (Lipinski definition) is 1. The molecule has 1 N–H and O–H groups in total. The summed E-state index contributed by atoms with van der Waals surface area (Å²) in [5, 5.41) is 13.3. The average molecular weight is 389 g/mol. The van der Waals surface area contributed by atoms with Crippen LogP contribution in [0.5, 0.6) is 0 Å². The third kappa shape index (κ3) is 3.04. The van der Waals surface area contributed by atoms with Crippen LogP contribution in [0.3, 0.4) is 0 Å². The number of nitro benzene ring substituents is 1. The Morgan fingerprint density at radius 2 is 1.89 bits per heavy atom. The van der Waals surface area contributed by atoms with Crippen molar-refractivity contribution in [3.05, 3.63) is 63.7 Å². The maximum atomic E-state index is 12.6. The van der Waals surface area contributed by atoms with Gasteiger partial charge in [0.2, 0.25) is 5.91 Å². The lowest BCUT2D eigenvalue weighted by Gasteiger charge is -2.22. The van der Waals surface area contributed by atoms with Gasteiger partial charge in [0, 0.05) is 17.8 Å². The van der Waals surface area contributed by atoms with Crippen molar-refractivity contribution < 1.29 is 22.9 Å². The normalized spacial score (nSPS) is 15.9. The van der Waals surface area contributed by atoms with Crippen LogP contribution >= 0.6 is 0 Å². The topological polar surface area (TPSA) is 127 Å². The van der Waals surface area contributed by atoms with Crippen LogP contribution in [-0.4, -0.2) is 35.5 Å². The number of sulfonamides is 1. The molecule has 10 heteroatoms. The number of non-ortho nitro benzene ring substituents is 1. The molecule has 2 aromatic carbocycles. The predicted octanol–water partition coefficient (Wildman–Crippen LogP) is 2.07. The third-order valence-corrected chi connectivity index (χ3v) is 6.18. The van der Waals surface area contributed by atoms with Crippen molar-refractivity contribution in [3.8, 4) is 0 Å². The van der Waals surface area contributed by atoms with Crippen molar-refractivity contribution in [1.82, 2.24) is 4.31 Å². The van der Waals surface area contributed by atoms with E-state index < -0.39 is 32.8 Å². The number of fused-ring (bicyclic) bond motifs is 1. The fourth-order valence-electron chi connectivity index (χ4n) is 2.83. The zero-order valence-corrected chi connectivity index (χ0v) is 15.2. The zero-order chi connectivity index (χ0) is 19.9. The average Bonchev–Trinajstić information content (AvgIpc) is 2.82. The molecule has 2 aromatic rings. The van der Waals surface area contributed by atoms with Gasteiger partial charge in [0.1, 0.15) is 10.9 Å². The Morgan fingerprint density at radius 3 is 2.48 bits per heavy atom. The first-order chi connectivity index (χ1) is 12.6. The van der Waals surface area contributed by atoms with Crippen LogP contribution in [-0.2, 0) is 14.8 Å². The molecule has 1 aliphatic rings. The Morgan fingerprint density at radius 1 is 1.22 bits per heavy atom. The molecule has 9 nitrogen and oxygen atoms in total. The number of nitrogens with one attached hydrogen (secondary N) is 1. The van der Waals surface area contributed by atoms with Crippen LogP contribution in [0, 0.1) is 17.0 Å². The molecule has 0 unspecified atom stereocenters. The molecule has 2 amide bonds. The van der Waals surface area contributed by atoms with E-state index in [9.17, 15) is 28.1 Å². The minimum Gasteiger partial charge on any atom is -0.324 e. The smallest absolute Gasteiger partial charge is 0.269 e. The first-order valence-electron chi connectivity index (χ1n) is 7.88. The molecule has 1 heterocycles. The molecule has 0 saturated carbocycles. The monoisotopic (exact) mass is 389 g/mol. The van der Waals surface area contributed by atoms with Crippen molar-refractivity contribution in [2.45, 2.75) is 24.8 Å². The molecule has 0 bridgehead atoms. The third-order valence-electron chi connectivity index (χ3n) is 4.26. The Kier molecular flexibility index (Phi) is 4.44. The van der Waals surface area contributed by atoms with E-state index in [0.717, 1.165) is 0 Å². The standard InChI is InChI=1S/C17H15N3O6S/c1-10-9-12(20(23)24)7-8-14(10)18-16(21)11(2)19-17(22)13-5-3-4-6-15(13)27(19,25)26/h3-9,11H,1-2H3,(H,18,21)/t11-/m1/s1. The van der Waals surface area contributed by atoms with Crippen molar-refractivity contribution >= 4 is 33.2 Å². The zero-order valence-electron chi connectivity index (χ0n) is 14.4. The number of anilines is 1. The lowest BCUT2D eigenvalue weighted by Crippen LogP contribution is -2.45. The molecule has 0 fully saturated rings. The molecular weight excluding hydrogens is 374 g/mol. The summed E-state index contributed by atoms with van der Waals surface area (Å²) in [6.07, 6.45) is 0. The highest BCUT2D eigenvalue weighted by molar-refractivity contribution is 7.90. The molecule has 0 spiro atoms. The molecule has 0 radical (unpaired) electrons. The van der Waals surface area contributed by atoms with Crippen LogP contribution in [0.2, 0.25) is 0 Å². The molecular formula is C17H15N3O6S. The molecule has 1 atom stereocenters. The van der Waals surface area contributed by atoms with Gasteiger partial charge in [-0.1, -0.05) is 12.1 Å². The number of carbonyl (C=O) groups is 2. The molecule has 1 aliphatic heterocycles. The quantitative estimate of drug-likeness (QED) is 0.630. The minimum absolute atomic E-state index is 0.0173. The largest absolute Gasteiger partial charge is 0.324 e. The Hall–Kier alpha value is -3.27. The summed E-state index contributed by atoms with van der Waals surface area (Å²) in [5.74, 6) is -1.50. The Bertz CT molecular complexity index is 1080. The first kappa shape index (κ1) is 18.5. The second-order valence-corrected chi connectivity index (χ2v) is 7.81. The van der Waals surface area contributed by atoms with Crippen LogP contribution in [0.25, 0.3) is 0 Å². The number of rotatable bonds is 4. The summed E-state index contributed by atoms with van der Waals surface area (Å²) in [5.41, 5.74) is 0.609. The van der Waals surface area contributed by atoms with Gasteiger partial charge in [0.25, 0.3) is 21.6 Å². The van der Waals surface area contributed by atoms with Crippen molar-refractivity contribution in [2.24, 2.45) is 0 Å². The maximum Gasteiger partial charge on any atom is 0.269 e. The van der Waals surface area contributed by atoms with Crippen LogP contribution < -0.4 is 5.32 Å². The lowest BCUT2D eigenvalue weighted by atomic mass is 10.1. The number of benzene rings is 2. The number of carbonyl (C=O) groups excluding carboxylic acids is 2. The van der Waals surface area contributed by atoms with Crippen molar-refractivity contribution in [2.75, 3.05) is 5.32 Å². The summed E-state index contributed by atoms with van der Waals surface area (Å²) < 4.78 is 25.8. The summed E-state index contributed by atoms with van der Waals surface area (Å²) >= 11 is 0. The van der Waals surface area contributed by atoms with E-state index in [2.05, 4.69) is 5.32 Å². The van der Waals surface area contributed by atoms with E-state index in [1.54, 1.807) is 13.0 Å². The lowest BCUT2D eigenvalue weighted by molar-refractivity contribution is -0.384. The van der Waals surface area contributed by atoms with Crippen LogP contribution in [0.15, 0.2) is 47.4 Å². The Labute approximate surface area is 154 Å². The number of amides is 2. The maximum absolute atomic E-state index is 12.6. The van der Waals surface area contributed by atoms with E-state index in [0.29, 0.717) is 15.6 Å². The number of aryl methyl sites for hydroxylation is 1. The Balaban J connectivity index is 1.87. The molecule has 27 heavy (non-hydrogen) atoms. The van der Waals surface area contributed by atoms with E-state index in [1.165, 1.54) is 43.3 Å². The van der Waals surface area contributed by atoms with Gasteiger partial charge >= 0.3 is 0 Å². The van der Waals surface area contributed by atoms with Gasteiger partial charge in [0.15, 0.2) is 0 Å². The number of nitrogens with zero attached hydrogens (tertiary/aromatic N) is 2. The minimum atomic E-state index is -4.13. The van der Waals surface area contributed by atoms with E-state index in [4.69, 9.17) is 0 Å². The fourth-order valence-corrected chi connectivity index (χ4v) is 4.56. The van der Waals surface area contributed by atoms with Gasteiger partial charge < -0.3 is 5.32 Å². The van der Waals surface area contributed by atoms with Gasteiger partial charge in [-0.05, 0) is 37.6 Å². The summed E-state index contributed by atoms with van der Waals surface area (Å²) in [4.78, 5) is 35.1. The van der Waals surface area contributed by atoms with Crippen molar-refractivity contribution in [1.29, 1.82) is 0 Å². The van der Waals surface area contributed by atoms with Gasteiger partial charge in [-0.2, -0.15) is 0 Å². The van der Waals surface area contributed by atoms with E-state index >= 15 is 0 Å². The highest BCUT2D eigenvalue weighted by Crippen LogP contribution is 2.32. The molecule has 0 saturated heterocycles. The van der Waals surface area contributed by atoms with Gasteiger partial charge in [-0.25, -0.2) is 12.7 Å². The molecule has 0 aromatic heterocycles. The van der Waals surface area contributed by atoms with Gasteiger partial charge in [0.05, 0.1) is 10.5 Å². The second-order valence-electron chi connectivity index (χ2n) is 6.02. The highest BCUT2D eigenvalue weighted by atomic mass is 32.2. The highest BCUT2D eigenvalue weighted by Gasteiger charge is 2.45. The van der Waals surface area contributed by atoms with Gasteiger partial charge in [-0.3, -0.25) is 19.7 Å². The van der Waals surface area contributed by atoms with Gasteiger partial charge in [-0.15, -0.1) is 0 Å². The van der Waals surface area contributed by atoms with Crippen molar-refractivity contribution in [3.63, 3.8) is 0 Å². The summed E-state index contributed by atoms with van der Waals surface area (Å²) in [6.45, 7) is 2.87. The van der Waals surface area contributed by atoms with Crippen LogP contribution in [0.4, 0.5) is 11.4 Å². The predicted molar refractivity (Wildman–Crippen MR) is 95.7 cm³/mol. The molecule has 3 rings (SSSR count). The summed E-state index contributed by atoms with van der Waals surface area (Å²) in [7, 11) is -4.13. The van der Waals surface area contributed by atoms with E-state index in [-0.39, 0.29) is 16.1 Å². The van der Waals surface area contributed by atoms with Crippen LogP contribution in [0.1, 0.15) is 22.8 Å². The fraction of sp³-hybridized carbons (Fsp3) is 0.176. The molecule has 140 valence electrons.